The van der Waals surface area contributed by atoms with Crippen LogP contribution in [0.4, 0.5) is 5.69 Å². The van der Waals surface area contributed by atoms with E-state index in [9.17, 15) is 0 Å². The first-order chi connectivity index (χ1) is 9.31. The van der Waals surface area contributed by atoms with Crippen molar-refractivity contribution < 1.29 is 0 Å². The number of pyridine rings is 1. The average Bonchev–Trinajstić information content (AvgIpc) is 2.87. The fourth-order valence-corrected chi connectivity index (χ4v) is 2.62. The van der Waals surface area contributed by atoms with Crippen molar-refractivity contribution in [2.75, 3.05) is 18.9 Å². The zero-order chi connectivity index (χ0) is 13.1. The van der Waals surface area contributed by atoms with Crippen molar-refractivity contribution in [1.29, 1.82) is 0 Å². The quantitative estimate of drug-likeness (QED) is 0.908. The summed E-state index contributed by atoms with van der Waals surface area (Å²) in [6.45, 7) is 3.01. The van der Waals surface area contributed by atoms with E-state index in [2.05, 4.69) is 52.6 Å². The number of rotatable bonds is 4. The molecule has 1 aliphatic heterocycles. The largest absolute Gasteiger partial charge is 0.384 e. The first kappa shape index (κ1) is 12.2. The highest BCUT2D eigenvalue weighted by Crippen LogP contribution is 2.23. The number of fused-ring (bicyclic) bond motifs is 1. The van der Waals surface area contributed by atoms with Gasteiger partial charge in [0.15, 0.2) is 0 Å². The van der Waals surface area contributed by atoms with Gasteiger partial charge in [-0.05, 0) is 48.4 Å². The lowest BCUT2D eigenvalue weighted by atomic mass is 10.1. The van der Waals surface area contributed by atoms with Crippen LogP contribution in [0.5, 0.6) is 0 Å². The first-order valence-electron chi connectivity index (χ1n) is 6.74. The summed E-state index contributed by atoms with van der Waals surface area (Å²) in [6, 6.07) is 10.9. The molecule has 0 unspecified atom stereocenters. The van der Waals surface area contributed by atoms with E-state index in [4.69, 9.17) is 0 Å². The van der Waals surface area contributed by atoms with E-state index in [0.29, 0.717) is 0 Å². The van der Waals surface area contributed by atoms with Crippen LogP contribution in [0.1, 0.15) is 16.7 Å². The van der Waals surface area contributed by atoms with Gasteiger partial charge in [-0.1, -0.05) is 12.1 Å². The summed E-state index contributed by atoms with van der Waals surface area (Å²) in [4.78, 5) is 6.38. The van der Waals surface area contributed by atoms with Gasteiger partial charge < -0.3 is 5.32 Å². The van der Waals surface area contributed by atoms with E-state index in [1.54, 1.807) is 0 Å². The third-order valence-electron chi connectivity index (χ3n) is 3.53. The molecule has 1 aromatic heterocycles. The predicted molar refractivity (Wildman–Crippen MR) is 78.0 cm³/mol. The molecule has 0 bridgehead atoms. The summed E-state index contributed by atoms with van der Waals surface area (Å²) in [5.41, 5.74) is 5.45. The molecule has 0 saturated carbocycles. The van der Waals surface area contributed by atoms with Crippen LogP contribution in [0.2, 0.25) is 0 Å². The molecular formula is C16H19N3. The summed E-state index contributed by atoms with van der Waals surface area (Å²) in [5, 5.41) is 3.40. The fourth-order valence-electron chi connectivity index (χ4n) is 2.62. The Bertz CT molecular complexity index is 551. The molecule has 3 heteroatoms. The Kier molecular flexibility index (Phi) is 3.47. The van der Waals surface area contributed by atoms with Crippen LogP contribution in [0.15, 0.2) is 42.7 Å². The van der Waals surface area contributed by atoms with Crippen molar-refractivity contribution in [3.8, 4) is 0 Å². The fraction of sp³-hybridized carbons (Fsp3) is 0.312. The van der Waals surface area contributed by atoms with Gasteiger partial charge in [0.1, 0.15) is 0 Å². The zero-order valence-electron chi connectivity index (χ0n) is 11.3. The number of nitrogens with one attached hydrogen (secondary N) is 1. The Hall–Kier alpha value is -1.87. The minimum Gasteiger partial charge on any atom is -0.384 e. The molecule has 1 aromatic carbocycles. The monoisotopic (exact) mass is 253 g/mol. The maximum Gasteiger partial charge on any atom is 0.0373 e. The van der Waals surface area contributed by atoms with Gasteiger partial charge in [0.25, 0.3) is 0 Å². The molecule has 0 aliphatic carbocycles. The van der Waals surface area contributed by atoms with E-state index >= 15 is 0 Å². The maximum atomic E-state index is 4.05. The lowest BCUT2D eigenvalue weighted by molar-refractivity contribution is 0.319. The third-order valence-corrected chi connectivity index (χ3v) is 3.53. The number of aromatic nitrogens is 1. The van der Waals surface area contributed by atoms with Gasteiger partial charge in [0.05, 0.1) is 0 Å². The van der Waals surface area contributed by atoms with Gasteiger partial charge in [0.2, 0.25) is 0 Å². The highest BCUT2D eigenvalue weighted by atomic mass is 15.1. The van der Waals surface area contributed by atoms with Gasteiger partial charge in [-0.3, -0.25) is 9.88 Å². The Morgan fingerprint density at radius 2 is 1.89 bits per heavy atom. The number of benzene rings is 1. The molecule has 2 heterocycles. The molecule has 3 rings (SSSR count). The first-order valence-corrected chi connectivity index (χ1v) is 6.74. The standard InChI is InChI=1S/C16H19N3/c1-19(11-13-4-7-17-8-5-13)12-14-2-3-16-15(10-14)6-9-18-16/h2-5,7-8,10,18H,6,9,11-12H2,1H3. The molecule has 1 N–H and O–H groups in total. The van der Waals surface area contributed by atoms with Crippen molar-refractivity contribution in [3.63, 3.8) is 0 Å². The Morgan fingerprint density at radius 3 is 2.74 bits per heavy atom. The normalized spacial score (nSPS) is 13.4. The molecule has 0 radical (unpaired) electrons. The van der Waals surface area contributed by atoms with Crippen LogP contribution >= 0.6 is 0 Å². The molecule has 2 aromatic rings. The van der Waals surface area contributed by atoms with Crippen LogP contribution in [0.3, 0.4) is 0 Å². The molecule has 0 fully saturated rings. The minimum absolute atomic E-state index is 0.956. The van der Waals surface area contributed by atoms with Gasteiger partial charge in [-0.15, -0.1) is 0 Å². The molecule has 0 atom stereocenters. The molecule has 0 amide bonds. The van der Waals surface area contributed by atoms with Crippen LogP contribution < -0.4 is 5.32 Å². The van der Waals surface area contributed by atoms with Crippen molar-refractivity contribution in [3.05, 3.63) is 59.4 Å². The minimum atomic E-state index is 0.956. The summed E-state index contributed by atoms with van der Waals surface area (Å²) in [7, 11) is 2.16. The Labute approximate surface area is 114 Å². The summed E-state index contributed by atoms with van der Waals surface area (Å²) < 4.78 is 0. The average molecular weight is 253 g/mol. The molecule has 1 aliphatic rings. The van der Waals surface area contributed by atoms with Crippen molar-refractivity contribution >= 4 is 5.69 Å². The molecule has 19 heavy (non-hydrogen) atoms. The van der Waals surface area contributed by atoms with Crippen molar-refractivity contribution in [1.82, 2.24) is 9.88 Å². The molecule has 3 nitrogen and oxygen atoms in total. The van der Waals surface area contributed by atoms with Gasteiger partial charge in [-0.2, -0.15) is 0 Å². The molecular weight excluding hydrogens is 234 g/mol. The van der Waals surface area contributed by atoms with Gasteiger partial charge >= 0.3 is 0 Å². The Balaban J connectivity index is 1.65. The highest BCUT2D eigenvalue weighted by molar-refractivity contribution is 5.56. The summed E-state index contributed by atoms with van der Waals surface area (Å²) >= 11 is 0. The highest BCUT2D eigenvalue weighted by Gasteiger charge is 2.10. The van der Waals surface area contributed by atoms with Crippen LogP contribution in [0, 0.1) is 0 Å². The second-order valence-electron chi connectivity index (χ2n) is 5.20. The maximum absolute atomic E-state index is 4.05. The lowest BCUT2D eigenvalue weighted by Crippen LogP contribution is -2.17. The van der Waals surface area contributed by atoms with Gasteiger partial charge in [0, 0.05) is 37.7 Å². The SMILES string of the molecule is CN(Cc1ccncc1)Cc1ccc2c(c1)CCN2. The number of anilines is 1. The van der Waals surface area contributed by atoms with Crippen molar-refractivity contribution in [2.24, 2.45) is 0 Å². The number of nitrogens with zero attached hydrogens (tertiary/aromatic N) is 2. The third kappa shape index (κ3) is 2.93. The smallest absolute Gasteiger partial charge is 0.0373 e. The molecule has 0 saturated heterocycles. The van der Waals surface area contributed by atoms with E-state index in [1.165, 1.54) is 22.4 Å². The zero-order valence-corrected chi connectivity index (χ0v) is 11.3. The molecule has 0 spiro atoms. The lowest BCUT2D eigenvalue weighted by Gasteiger charge is -2.17. The van der Waals surface area contributed by atoms with E-state index in [1.807, 2.05) is 12.4 Å². The van der Waals surface area contributed by atoms with Crippen molar-refractivity contribution in [2.45, 2.75) is 19.5 Å². The van der Waals surface area contributed by atoms with E-state index in [0.717, 1.165) is 26.1 Å². The number of hydrogen-bond acceptors (Lipinski definition) is 3. The summed E-state index contributed by atoms with van der Waals surface area (Å²) in [5.74, 6) is 0. The number of hydrogen-bond donors (Lipinski definition) is 1. The van der Waals surface area contributed by atoms with Crippen LogP contribution in [-0.4, -0.2) is 23.5 Å². The predicted octanol–water partition coefficient (Wildman–Crippen LogP) is 2.68. The van der Waals surface area contributed by atoms with Crippen LogP contribution in [0.25, 0.3) is 0 Å². The van der Waals surface area contributed by atoms with Gasteiger partial charge in [-0.25, -0.2) is 0 Å². The summed E-state index contributed by atoms with van der Waals surface area (Å²) in [6.07, 6.45) is 4.85. The van der Waals surface area contributed by atoms with E-state index in [-0.39, 0.29) is 0 Å². The van der Waals surface area contributed by atoms with Crippen LogP contribution in [-0.2, 0) is 19.5 Å². The topological polar surface area (TPSA) is 28.2 Å². The molecule has 98 valence electrons. The second-order valence-corrected chi connectivity index (χ2v) is 5.20. The van der Waals surface area contributed by atoms with E-state index < -0.39 is 0 Å². The second kappa shape index (κ2) is 5.41. The Morgan fingerprint density at radius 1 is 1.11 bits per heavy atom.